The molecule has 1 aromatic heterocycles. The summed E-state index contributed by atoms with van der Waals surface area (Å²) in [7, 11) is 1.80. The first-order valence-corrected chi connectivity index (χ1v) is 10.5. The SMILES string of the molecule is CN=C(NCc1ccc(Cn2ccnc2)cc1)N1CC(C)OC(c2ccc(F)cc2)C1.I. The first-order chi connectivity index (χ1) is 15.1. The fourth-order valence-corrected chi connectivity index (χ4v) is 3.85. The van der Waals surface area contributed by atoms with Crippen molar-refractivity contribution in [1.82, 2.24) is 19.8 Å². The van der Waals surface area contributed by atoms with Gasteiger partial charge in [-0.3, -0.25) is 4.99 Å². The Hall–Kier alpha value is -2.46. The van der Waals surface area contributed by atoms with Gasteiger partial charge in [0.05, 0.1) is 19.0 Å². The highest BCUT2D eigenvalue weighted by Gasteiger charge is 2.28. The topological polar surface area (TPSA) is 54.7 Å². The molecule has 1 aliphatic heterocycles. The Morgan fingerprint density at radius 2 is 1.84 bits per heavy atom. The number of rotatable bonds is 5. The van der Waals surface area contributed by atoms with E-state index in [1.807, 2.05) is 17.1 Å². The van der Waals surface area contributed by atoms with Crippen molar-refractivity contribution in [2.24, 2.45) is 4.99 Å². The largest absolute Gasteiger partial charge is 0.367 e. The van der Waals surface area contributed by atoms with Gasteiger partial charge < -0.3 is 19.5 Å². The summed E-state index contributed by atoms with van der Waals surface area (Å²) < 4.78 is 21.4. The molecule has 2 aromatic carbocycles. The molecule has 0 aliphatic carbocycles. The first-order valence-electron chi connectivity index (χ1n) is 10.5. The first kappa shape index (κ1) is 24.2. The molecule has 0 amide bonds. The van der Waals surface area contributed by atoms with Crippen LogP contribution >= 0.6 is 24.0 Å². The van der Waals surface area contributed by atoms with Crippen LogP contribution in [-0.4, -0.2) is 46.7 Å². The minimum atomic E-state index is -0.238. The van der Waals surface area contributed by atoms with Crippen LogP contribution in [0.5, 0.6) is 0 Å². The summed E-state index contributed by atoms with van der Waals surface area (Å²) in [4.78, 5) is 10.8. The Balaban J connectivity index is 0.00000289. The monoisotopic (exact) mass is 549 g/mol. The van der Waals surface area contributed by atoms with E-state index in [-0.39, 0.29) is 42.0 Å². The van der Waals surface area contributed by atoms with E-state index in [0.717, 1.165) is 24.6 Å². The van der Waals surface area contributed by atoms with Crippen LogP contribution in [0.4, 0.5) is 4.39 Å². The molecule has 2 heterocycles. The third-order valence-electron chi connectivity index (χ3n) is 5.41. The van der Waals surface area contributed by atoms with Crippen LogP contribution in [0.2, 0.25) is 0 Å². The van der Waals surface area contributed by atoms with Crippen LogP contribution in [-0.2, 0) is 17.8 Å². The van der Waals surface area contributed by atoms with Crippen molar-refractivity contribution in [3.05, 3.63) is 89.8 Å². The Morgan fingerprint density at radius 1 is 1.12 bits per heavy atom. The molecule has 4 rings (SSSR count). The van der Waals surface area contributed by atoms with Gasteiger partial charge in [0.1, 0.15) is 11.9 Å². The van der Waals surface area contributed by atoms with Crippen molar-refractivity contribution in [3.63, 3.8) is 0 Å². The number of nitrogens with one attached hydrogen (secondary N) is 1. The second-order valence-electron chi connectivity index (χ2n) is 7.84. The lowest BCUT2D eigenvalue weighted by Gasteiger charge is -2.38. The van der Waals surface area contributed by atoms with Crippen molar-refractivity contribution in [2.75, 3.05) is 20.1 Å². The van der Waals surface area contributed by atoms with Crippen molar-refractivity contribution < 1.29 is 9.13 Å². The predicted octanol–water partition coefficient (Wildman–Crippen LogP) is 4.23. The summed E-state index contributed by atoms with van der Waals surface area (Å²) in [5.74, 6) is 0.600. The van der Waals surface area contributed by atoms with Gasteiger partial charge >= 0.3 is 0 Å². The number of ether oxygens (including phenoxy) is 1. The van der Waals surface area contributed by atoms with E-state index < -0.39 is 0 Å². The third kappa shape index (κ3) is 6.29. The molecule has 1 fully saturated rings. The molecule has 1 N–H and O–H groups in total. The van der Waals surface area contributed by atoms with Gasteiger partial charge in [-0.2, -0.15) is 0 Å². The molecular weight excluding hydrogens is 520 g/mol. The molecule has 32 heavy (non-hydrogen) atoms. The Morgan fingerprint density at radius 3 is 2.50 bits per heavy atom. The highest BCUT2D eigenvalue weighted by atomic mass is 127. The second-order valence-corrected chi connectivity index (χ2v) is 7.84. The molecule has 0 radical (unpaired) electrons. The molecule has 1 saturated heterocycles. The molecule has 6 nitrogen and oxygen atoms in total. The van der Waals surface area contributed by atoms with Gasteiger partial charge in [-0.15, -0.1) is 24.0 Å². The Labute approximate surface area is 205 Å². The number of hydrogen-bond acceptors (Lipinski definition) is 3. The lowest BCUT2D eigenvalue weighted by atomic mass is 10.1. The number of imidazole rings is 1. The number of halogens is 2. The number of nitrogens with zero attached hydrogens (tertiary/aromatic N) is 4. The van der Waals surface area contributed by atoms with Gasteiger partial charge in [0.2, 0.25) is 0 Å². The normalized spacial score (nSPS) is 18.8. The number of morpholine rings is 1. The van der Waals surface area contributed by atoms with E-state index in [9.17, 15) is 4.39 Å². The van der Waals surface area contributed by atoms with Gasteiger partial charge in [-0.25, -0.2) is 9.37 Å². The lowest BCUT2D eigenvalue weighted by molar-refractivity contribution is -0.0605. The average Bonchev–Trinajstić information content (AvgIpc) is 3.28. The summed E-state index contributed by atoms with van der Waals surface area (Å²) >= 11 is 0. The van der Waals surface area contributed by atoms with E-state index in [0.29, 0.717) is 13.1 Å². The summed E-state index contributed by atoms with van der Waals surface area (Å²) in [6.07, 6.45) is 5.50. The smallest absolute Gasteiger partial charge is 0.194 e. The molecule has 170 valence electrons. The molecule has 2 unspecified atom stereocenters. The molecule has 0 spiro atoms. The predicted molar refractivity (Wildman–Crippen MR) is 135 cm³/mol. The van der Waals surface area contributed by atoms with Gasteiger partial charge in [-0.05, 0) is 35.7 Å². The highest BCUT2D eigenvalue weighted by molar-refractivity contribution is 14.0. The Kier molecular flexibility index (Phi) is 8.63. The van der Waals surface area contributed by atoms with Gasteiger partial charge in [0.15, 0.2) is 5.96 Å². The maximum Gasteiger partial charge on any atom is 0.194 e. The summed E-state index contributed by atoms with van der Waals surface area (Å²) in [5.41, 5.74) is 3.39. The molecule has 8 heteroatoms. The third-order valence-corrected chi connectivity index (χ3v) is 5.41. The molecule has 0 saturated carbocycles. The number of benzene rings is 2. The van der Waals surface area contributed by atoms with Gasteiger partial charge in [-0.1, -0.05) is 36.4 Å². The van der Waals surface area contributed by atoms with Crippen molar-refractivity contribution >= 4 is 29.9 Å². The fraction of sp³-hybridized carbons (Fsp3) is 0.333. The quantitative estimate of drug-likeness (QED) is 0.294. The highest BCUT2D eigenvalue weighted by Crippen LogP contribution is 2.25. The number of hydrogen-bond donors (Lipinski definition) is 1. The fourth-order valence-electron chi connectivity index (χ4n) is 3.85. The maximum atomic E-state index is 13.3. The number of aromatic nitrogens is 2. The van der Waals surface area contributed by atoms with Crippen molar-refractivity contribution in [2.45, 2.75) is 32.2 Å². The molecular formula is C24H29FIN5O. The van der Waals surface area contributed by atoms with Gasteiger partial charge in [0.25, 0.3) is 0 Å². The zero-order chi connectivity index (χ0) is 21.6. The molecule has 0 bridgehead atoms. The minimum Gasteiger partial charge on any atom is -0.367 e. The molecule has 1 aliphatic rings. The maximum absolute atomic E-state index is 13.3. The lowest BCUT2D eigenvalue weighted by Crippen LogP contribution is -2.50. The van der Waals surface area contributed by atoms with E-state index in [1.54, 1.807) is 25.4 Å². The van der Waals surface area contributed by atoms with Crippen LogP contribution in [0, 0.1) is 5.82 Å². The van der Waals surface area contributed by atoms with Crippen molar-refractivity contribution in [1.29, 1.82) is 0 Å². The number of guanidine groups is 1. The van der Waals surface area contributed by atoms with E-state index in [2.05, 4.69) is 51.4 Å². The summed E-state index contributed by atoms with van der Waals surface area (Å²) in [6, 6.07) is 15.1. The minimum absolute atomic E-state index is 0. The second kappa shape index (κ2) is 11.4. The van der Waals surface area contributed by atoms with Crippen LogP contribution < -0.4 is 5.32 Å². The van der Waals surface area contributed by atoms with Crippen LogP contribution in [0.1, 0.15) is 29.7 Å². The van der Waals surface area contributed by atoms with Crippen molar-refractivity contribution in [3.8, 4) is 0 Å². The molecule has 3 aromatic rings. The average molecular weight is 549 g/mol. The zero-order valence-corrected chi connectivity index (χ0v) is 20.6. The molecule has 2 atom stereocenters. The number of aliphatic imine (C=N–C) groups is 1. The summed E-state index contributed by atoms with van der Waals surface area (Å²) in [6.45, 7) is 4.96. The van der Waals surface area contributed by atoms with Crippen LogP contribution in [0.25, 0.3) is 0 Å². The van der Waals surface area contributed by atoms with Gasteiger partial charge in [0, 0.05) is 39.1 Å². The van der Waals surface area contributed by atoms with E-state index in [1.165, 1.54) is 23.3 Å². The van der Waals surface area contributed by atoms with Crippen LogP contribution in [0.15, 0.2) is 72.2 Å². The van der Waals surface area contributed by atoms with Crippen LogP contribution in [0.3, 0.4) is 0 Å². The standard InChI is InChI=1S/C24H28FN5O.HI/c1-18-14-30(16-23(31-18)21-7-9-22(25)10-8-21)24(26-2)28-13-19-3-5-20(6-4-19)15-29-12-11-27-17-29;/h3-12,17-18,23H,13-16H2,1-2H3,(H,26,28);1H. The zero-order valence-electron chi connectivity index (χ0n) is 18.3. The van der Waals surface area contributed by atoms with E-state index >= 15 is 0 Å². The Bertz CT molecular complexity index is 992. The summed E-state index contributed by atoms with van der Waals surface area (Å²) in [5, 5.41) is 3.47. The van der Waals surface area contributed by atoms with E-state index in [4.69, 9.17) is 4.74 Å².